The number of nitrogens with one attached hydrogen (secondary N) is 1. The Morgan fingerprint density at radius 1 is 1.38 bits per heavy atom. The summed E-state index contributed by atoms with van der Waals surface area (Å²) in [7, 11) is 1.71. The van der Waals surface area contributed by atoms with Crippen LogP contribution in [0, 0.1) is 0 Å². The van der Waals surface area contributed by atoms with E-state index in [1.54, 1.807) is 7.11 Å². The van der Waals surface area contributed by atoms with Crippen molar-refractivity contribution in [2.24, 2.45) is 0 Å². The maximum Gasteiger partial charge on any atom is 0.407 e. The van der Waals surface area contributed by atoms with Crippen LogP contribution in [0.2, 0.25) is 0 Å². The summed E-state index contributed by atoms with van der Waals surface area (Å²) in [6, 6.07) is 9.87. The Kier molecular flexibility index (Phi) is 6.50. The van der Waals surface area contributed by atoms with E-state index in [1.165, 1.54) is 0 Å². The summed E-state index contributed by atoms with van der Waals surface area (Å²) in [5, 5.41) is 2.95. The maximum atomic E-state index is 11.8. The summed E-state index contributed by atoms with van der Waals surface area (Å²) >= 11 is 0. The number of nitrogens with zero attached hydrogens (tertiary/aromatic N) is 1. The number of rotatable bonds is 6. The van der Waals surface area contributed by atoms with Gasteiger partial charge >= 0.3 is 6.09 Å². The third kappa shape index (κ3) is 5.73. The SMILES string of the molecule is COCCN1CCC[C@@H](NC(=O)OCc2ccccc2)C1. The van der Waals surface area contributed by atoms with E-state index < -0.39 is 0 Å². The minimum Gasteiger partial charge on any atom is -0.445 e. The second kappa shape index (κ2) is 8.64. The average molecular weight is 292 g/mol. The normalized spacial score (nSPS) is 19.2. The molecule has 0 bridgehead atoms. The fourth-order valence-corrected chi connectivity index (χ4v) is 2.53. The first-order chi connectivity index (χ1) is 10.3. The molecule has 1 saturated heterocycles. The lowest BCUT2D eigenvalue weighted by Crippen LogP contribution is -2.48. The molecule has 1 amide bonds. The first-order valence-electron chi connectivity index (χ1n) is 7.46. The van der Waals surface area contributed by atoms with E-state index in [0.717, 1.165) is 44.6 Å². The van der Waals surface area contributed by atoms with Gasteiger partial charge in [0.05, 0.1) is 6.61 Å². The number of carbonyl (C=O) groups is 1. The minimum absolute atomic E-state index is 0.166. The lowest BCUT2D eigenvalue weighted by atomic mass is 10.1. The Balaban J connectivity index is 1.69. The summed E-state index contributed by atoms with van der Waals surface area (Å²) in [5.74, 6) is 0. The Labute approximate surface area is 126 Å². The molecule has 1 atom stereocenters. The molecule has 0 saturated carbocycles. The molecular formula is C16H24N2O3. The third-order valence-corrected chi connectivity index (χ3v) is 3.65. The van der Waals surface area contributed by atoms with Crippen LogP contribution in [0.3, 0.4) is 0 Å². The molecule has 1 heterocycles. The van der Waals surface area contributed by atoms with Crippen molar-refractivity contribution in [3.05, 3.63) is 35.9 Å². The second-order valence-electron chi connectivity index (χ2n) is 5.34. The molecule has 1 aromatic rings. The summed E-state index contributed by atoms with van der Waals surface area (Å²) in [6.45, 7) is 3.89. The van der Waals surface area contributed by atoms with Crippen molar-refractivity contribution in [3.8, 4) is 0 Å². The van der Waals surface area contributed by atoms with Gasteiger partial charge in [-0.3, -0.25) is 4.90 Å². The predicted molar refractivity (Wildman–Crippen MR) is 81.1 cm³/mol. The largest absolute Gasteiger partial charge is 0.445 e. The first-order valence-corrected chi connectivity index (χ1v) is 7.46. The molecule has 0 aliphatic carbocycles. The molecule has 2 rings (SSSR count). The van der Waals surface area contributed by atoms with Crippen molar-refractivity contribution in [1.29, 1.82) is 0 Å². The van der Waals surface area contributed by atoms with Gasteiger partial charge in [0.25, 0.3) is 0 Å². The van der Waals surface area contributed by atoms with Gasteiger partial charge in [-0.2, -0.15) is 0 Å². The number of carbonyl (C=O) groups excluding carboxylic acids is 1. The lowest BCUT2D eigenvalue weighted by Gasteiger charge is -2.32. The minimum atomic E-state index is -0.336. The highest BCUT2D eigenvalue weighted by molar-refractivity contribution is 5.67. The number of hydrogen-bond donors (Lipinski definition) is 1. The summed E-state index contributed by atoms with van der Waals surface area (Å²) in [6.07, 6.45) is 1.76. The number of piperidine rings is 1. The number of benzene rings is 1. The molecule has 5 heteroatoms. The number of ether oxygens (including phenoxy) is 2. The molecule has 1 N–H and O–H groups in total. The van der Waals surface area contributed by atoms with E-state index in [-0.39, 0.29) is 12.1 Å². The van der Waals surface area contributed by atoms with Gasteiger partial charge in [0.15, 0.2) is 0 Å². The smallest absolute Gasteiger partial charge is 0.407 e. The van der Waals surface area contributed by atoms with Gasteiger partial charge in [-0.1, -0.05) is 30.3 Å². The molecular weight excluding hydrogens is 268 g/mol. The van der Waals surface area contributed by atoms with Crippen molar-refractivity contribution < 1.29 is 14.3 Å². The van der Waals surface area contributed by atoms with Crippen molar-refractivity contribution >= 4 is 6.09 Å². The number of hydrogen-bond acceptors (Lipinski definition) is 4. The van der Waals surface area contributed by atoms with Crippen molar-refractivity contribution in [3.63, 3.8) is 0 Å². The summed E-state index contributed by atoms with van der Waals surface area (Å²) in [5.41, 5.74) is 0.998. The molecule has 5 nitrogen and oxygen atoms in total. The molecule has 0 aromatic heterocycles. The zero-order valence-electron chi connectivity index (χ0n) is 12.6. The van der Waals surface area contributed by atoms with Gasteiger partial charge in [0, 0.05) is 26.2 Å². The third-order valence-electron chi connectivity index (χ3n) is 3.65. The van der Waals surface area contributed by atoms with E-state index >= 15 is 0 Å². The zero-order valence-corrected chi connectivity index (χ0v) is 12.6. The summed E-state index contributed by atoms with van der Waals surface area (Å²) < 4.78 is 10.3. The second-order valence-corrected chi connectivity index (χ2v) is 5.34. The Bertz CT molecular complexity index is 425. The van der Waals surface area contributed by atoms with Gasteiger partial charge in [-0.05, 0) is 24.9 Å². The molecule has 0 radical (unpaired) electrons. The molecule has 0 unspecified atom stereocenters. The van der Waals surface area contributed by atoms with E-state index in [0.29, 0.717) is 6.61 Å². The predicted octanol–water partition coefficient (Wildman–Crippen LogP) is 2.02. The van der Waals surface area contributed by atoms with Gasteiger partial charge in [0.1, 0.15) is 6.61 Å². The highest BCUT2D eigenvalue weighted by Crippen LogP contribution is 2.10. The number of amides is 1. The van der Waals surface area contributed by atoms with Crippen molar-refractivity contribution in [2.75, 3.05) is 33.4 Å². The number of methoxy groups -OCH3 is 1. The Morgan fingerprint density at radius 3 is 2.95 bits per heavy atom. The molecule has 1 aliphatic heterocycles. The van der Waals surface area contributed by atoms with Crippen LogP contribution >= 0.6 is 0 Å². The zero-order chi connectivity index (χ0) is 14.9. The van der Waals surface area contributed by atoms with E-state index in [9.17, 15) is 4.79 Å². The molecule has 0 spiro atoms. The highest BCUT2D eigenvalue weighted by atomic mass is 16.5. The first kappa shape index (κ1) is 15.8. The van der Waals surface area contributed by atoms with Gasteiger partial charge < -0.3 is 14.8 Å². The van der Waals surface area contributed by atoms with Crippen LogP contribution in [0.5, 0.6) is 0 Å². The standard InChI is InChI=1S/C16H24N2O3/c1-20-11-10-18-9-5-8-15(12-18)17-16(19)21-13-14-6-3-2-4-7-14/h2-4,6-7,15H,5,8-13H2,1H3,(H,17,19)/t15-/m1/s1. The van der Waals surface area contributed by atoms with Crippen LogP contribution in [-0.4, -0.2) is 50.4 Å². The van der Waals surface area contributed by atoms with Crippen LogP contribution in [0.4, 0.5) is 4.79 Å². The Hall–Kier alpha value is -1.59. The number of likely N-dealkylation sites (tertiary alicyclic amines) is 1. The highest BCUT2D eigenvalue weighted by Gasteiger charge is 2.21. The molecule has 21 heavy (non-hydrogen) atoms. The summed E-state index contributed by atoms with van der Waals surface area (Å²) in [4.78, 5) is 14.1. The molecule has 1 aliphatic rings. The van der Waals surface area contributed by atoms with E-state index in [2.05, 4.69) is 10.2 Å². The van der Waals surface area contributed by atoms with Crippen LogP contribution < -0.4 is 5.32 Å². The number of alkyl carbamates (subject to hydrolysis) is 1. The fraction of sp³-hybridized carbons (Fsp3) is 0.562. The molecule has 1 aromatic carbocycles. The van der Waals surface area contributed by atoms with Crippen LogP contribution in [-0.2, 0) is 16.1 Å². The Morgan fingerprint density at radius 2 is 2.19 bits per heavy atom. The van der Waals surface area contributed by atoms with Gasteiger partial charge in [0.2, 0.25) is 0 Å². The van der Waals surface area contributed by atoms with Gasteiger partial charge in [-0.15, -0.1) is 0 Å². The van der Waals surface area contributed by atoms with Crippen molar-refractivity contribution in [1.82, 2.24) is 10.2 Å². The van der Waals surface area contributed by atoms with Crippen molar-refractivity contribution in [2.45, 2.75) is 25.5 Å². The van der Waals surface area contributed by atoms with E-state index in [1.807, 2.05) is 30.3 Å². The monoisotopic (exact) mass is 292 g/mol. The quantitative estimate of drug-likeness (QED) is 0.871. The van der Waals surface area contributed by atoms with Crippen LogP contribution in [0.25, 0.3) is 0 Å². The van der Waals surface area contributed by atoms with Crippen LogP contribution in [0.15, 0.2) is 30.3 Å². The maximum absolute atomic E-state index is 11.8. The lowest BCUT2D eigenvalue weighted by molar-refractivity contribution is 0.109. The topological polar surface area (TPSA) is 50.8 Å². The van der Waals surface area contributed by atoms with Gasteiger partial charge in [-0.25, -0.2) is 4.79 Å². The average Bonchev–Trinajstić information content (AvgIpc) is 2.52. The van der Waals surface area contributed by atoms with Crippen LogP contribution in [0.1, 0.15) is 18.4 Å². The van der Waals surface area contributed by atoms with E-state index in [4.69, 9.17) is 9.47 Å². The molecule has 1 fully saturated rings. The fourth-order valence-electron chi connectivity index (χ4n) is 2.53. The molecule has 116 valence electrons.